The van der Waals surface area contributed by atoms with Crippen molar-refractivity contribution in [3.63, 3.8) is 0 Å². The number of hydrogen-bond donors (Lipinski definition) is 1. The van der Waals surface area contributed by atoms with Crippen molar-refractivity contribution in [3.05, 3.63) is 58.0 Å². The Morgan fingerprint density at radius 3 is 2.88 bits per heavy atom. The number of nitrogens with one attached hydrogen (secondary N) is 1. The number of amides is 2. The van der Waals surface area contributed by atoms with E-state index in [4.69, 9.17) is 4.42 Å². The molecule has 1 aromatic heterocycles. The maximum atomic E-state index is 13.1. The van der Waals surface area contributed by atoms with Crippen LogP contribution < -0.4 is 5.32 Å². The Labute approximate surface area is 154 Å². The van der Waals surface area contributed by atoms with Crippen molar-refractivity contribution in [2.75, 3.05) is 6.54 Å². The van der Waals surface area contributed by atoms with Gasteiger partial charge in [-0.1, -0.05) is 24.3 Å². The lowest BCUT2D eigenvalue weighted by Gasteiger charge is -2.28. The molecular formula is C19H19BrN2O3. The summed E-state index contributed by atoms with van der Waals surface area (Å²) in [5.41, 5.74) is 1.66. The van der Waals surface area contributed by atoms with E-state index in [1.807, 2.05) is 17.0 Å². The van der Waals surface area contributed by atoms with Crippen LogP contribution in [0.15, 0.2) is 45.5 Å². The molecular weight excluding hydrogens is 384 g/mol. The fourth-order valence-electron chi connectivity index (χ4n) is 3.89. The molecule has 1 fully saturated rings. The van der Waals surface area contributed by atoms with Crippen LogP contribution in [0.5, 0.6) is 0 Å². The minimum absolute atomic E-state index is 0.0202. The third-order valence-corrected chi connectivity index (χ3v) is 5.68. The van der Waals surface area contributed by atoms with Gasteiger partial charge in [-0.2, -0.15) is 0 Å². The molecule has 1 saturated heterocycles. The normalized spacial score (nSPS) is 25.3. The van der Waals surface area contributed by atoms with E-state index in [2.05, 4.69) is 33.4 Å². The van der Waals surface area contributed by atoms with Crippen LogP contribution in [-0.2, 0) is 11.2 Å². The smallest absolute Gasteiger partial charge is 0.287 e. The molecule has 0 saturated carbocycles. The number of aryl methyl sites for hydroxylation is 1. The van der Waals surface area contributed by atoms with Crippen LogP contribution in [0.4, 0.5) is 0 Å². The van der Waals surface area contributed by atoms with Gasteiger partial charge in [-0.3, -0.25) is 9.59 Å². The standard InChI is InChI=1S/C19H19BrN2O3/c1-19(21-17(23)15-8-9-16(20)25-15)10-11-22(18(19)24)14-7-6-12-4-2-3-5-13(12)14/h2-5,8-9,14H,6-7,10-11H2,1H3,(H,21,23). The molecule has 0 radical (unpaired) electrons. The van der Waals surface area contributed by atoms with Crippen LogP contribution in [0.25, 0.3) is 0 Å². The van der Waals surface area contributed by atoms with Gasteiger partial charge in [0, 0.05) is 6.54 Å². The molecule has 1 aliphatic heterocycles. The van der Waals surface area contributed by atoms with Gasteiger partial charge in [-0.05, 0) is 65.4 Å². The Hall–Kier alpha value is -2.08. The number of carbonyl (C=O) groups excluding carboxylic acids is 2. The molecule has 6 heteroatoms. The number of benzene rings is 1. The number of halogens is 1. The molecule has 2 heterocycles. The molecule has 130 valence electrons. The highest BCUT2D eigenvalue weighted by molar-refractivity contribution is 9.10. The Balaban J connectivity index is 1.52. The Morgan fingerprint density at radius 1 is 1.32 bits per heavy atom. The first kappa shape index (κ1) is 16.4. The van der Waals surface area contributed by atoms with E-state index in [9.17, 15) is 9.59 Å². The maximum absolute atomic E-state index is 13.1. The lowest BCUT2D eigenvalue weighted by atomic mass is 10.00. The Kier molecular flexibility index (Phi) is 3.95. The van der Waals surface area contributed by atoms with Crippen LogP contribution in [0.2, 0.25) is 0 Å². The molecule has 1 aliphatic carbocycles. The number of furan rings is 1. The third-order valence-electron chi connectivity index (χ3n) is 5.25. The van der Waals surface area contributed by atoms with Crippen LogP contribution in [0.1, 0.15) is 47.5 Å². The van der Waals surface area contributed by atoms with Crippen LogP contribution >= 0.6 is 15.9 Å². The van der Waals surface area contributed by atoms with E-state index in [1.165, 1.54) is 11.1 Å². The Bertz CT molecular complexity index is 847. The predicted molar refractivity (Wildman–Crippen MR) is 96.1 cm³/mol. The summed E-state index contributed by atoms with van der Waals surface area (Å²) in [4.78, 5) is 27.4. The minimum atomic E-state index is -0.895. The summed E-state index contributed by atoms with van der Waals surface area (Å²) in [6.45, 7) is 2.45. The van der Waals surface area contributed by atoms with Crippen LogP contribution in [0.3, 0.4) is 0 Å². The highest BCUT2D eigenvalue weighted by Crippen LogP contribution is 2.39. The molecule has 2 amide bonds. The second kappa shape index (κ2) is 6.02. The van der Waals surface area contributed by atoms with Crippen molar-refractivity contribution in [2.45, 2.75) is 37.8 Å². The SMILES string of the molecule is CC1(NC(=O)c2ccc(Br)o2)CCN(C2CCc3ccccc32)C1=O. The zero-order valence-corrected chi connectivity index (χ0v) is 15.5. The highest BCUT2D eigenvalue weighted by Gasteiger charge is 2.47. The van der Waals surface area contributed by atoms with Crippen molar-refractivity contribution < 1.29 is 14.0 Å². The lowest BCUT2D eigenvalue weighted by Crippen LogP contribution is -2.52. The summed E-state index contributed by atoms with van der Waals surface area (Å²) in [5.74, 6) is -0.186. The second-order valence-corrected chi connectivity index (χ2v) is 7.67. The first-order valence-corrected chi connectivity index (χ1v) is 9.24. The van der Waals surface area contributed by atoms with Gasteiger partial charge in [0.15, 0.2) is 10.4 Å². The fraction of sp³-hybridized carbons (Fsp3) is 0.368. The number of fused-ring (bicyclic) bond motifs is 1. The summed E-state index contributed by atoms with van der Waals surface area (Å²) in [5, 5.41) is 2.87. The van der Waals surface area contributed by atoms with Gasteiger partial charge in [0.1, 0.15) is 5.54 Å². The number of nitrogens with zero attached hydrogens (tertiary/aromatic N) is 1. The van der Waals surface area contributed by atoms with Crippen molar-refractivity contribution in [2.24, 2.45) is 0 Å². The van der Waals surface area contributed by atoms with E-state index < -0.39 is 5.54 Å². The zero-order chi connectivity index (χ0) is 17.6. The second-order valence-electron chi connectivity index (χ2n) is 6.89. The molecule has 2 aliphatic rings. The van der Waals surface area contributed by atoms with Crippen LogP contribution in [-0.4, -0.2) is 28.8 Å². The molecule has 5 nitrogen and oxygen atoms in total. The molecule has 0 spiro atoms. The summed E-state index contributed by atoms with van der Waals surface area (Å²) in [6, 6.07) is 11.7. The number of likely N-dealkylation sites (tertiary alicyclic amines) is 1. The largest absolute Gasteiger partial charge is 0.444 e. The predicted octanol–water partition coefficient (Wildman–Crippen LogP) is 3.45. The van der Waals surface area contributed by atoms with E-state index in [0.29, 0.717) is 17.6 Å². The van der Waals surface area contributed by atoms with Gasteiger partial charge < -0.3 is 14.6 Å². The van der Waals surface area contributed by atoms with E-state index >= 15 is 0 Å². The van der Waals surface area contributed by atoms with Crippen molar-refractivity contribution in [3.8, 4) is 0 Å². The van der Waals surface area contributed by atoms with Crippen molar-refractivity contribution in [1.82, 2.24) is 10.2 Å². The van der Waals surface area contributed by atoms with Gasteiger partial charge in [-0.25, -0.2) is 0 Å². The molecule has 25 heavy (non-hydrogen) atoms. The summed E-state index contributed by atoms with van der Waals surface area (Å²) >= 11 is 3.19. The molecule has 1 aromatic carbocycles. The van der Waals surface area contributed by atoms with Gasteiger partial charge in [0.2, 0.25) is 5.91 Å². The fourth-order valence-corrected chi connectivity index (χ4v) is 4.20. The summed E-state index contributed by atoms with van der Waals surface area (Å²) < 4.78 is 5.78. The maximum Gasteiger partial charge on any atom is 0.287 e. The highest BCUT2D eigenvalue weighted by atomic mass is 79.9. The number of hydrogen-bond acceptors (Lipinski definition) is 3. The van der Waals surface area contributed by atoms with Gasteiger partial charge in [-0.15, -0.1) is 0 Å². The summed E-state index contributed by atoms with van der Waals surface area (Å²) in [7, 11) is 0. The zero-order valence-electron chi connectivity index (χ0n) is 13.9. The molecule has 2 unspecified atom stereocenters. The lowest BCUT2D eigenvalue weighted by molar-refractivity contribution is -0.134. The van der Waals surface area contributed by atoms with E-state index in [1.54, 1.807) is 19.1 Å². The molecule has 2 aromatic rings. The average molecular weight is 403 g/mol. The molecule has 4 rings (SSSR count). The monoisotopic (exact) mass is 402 g/mol. The van der Waals surface area contributed by atoms with Gasteiger partial charge >= 0.3 is 0 Å². The van der Waals surface area contributed by atoms with Gasteiger partial charge in [0.25, 0.3) is 5.91 Å². The average Bonchev–Trinajstić information content (AvgIpc) is 3.27. The topological polar surface area (TPSA) is 62.6 Å². The minimum Gasteiger partial charge on any atom is -0.444 e. The summed E-state index contributed by atoms with van der Waals surface area (Å²) in [6.07, 6.45) is 2.53. The third kappa shape index (κ3) is 2.78. The van der Waals surface area contributed by atoms with Crippen molar-refractivity contribution >= 4 is 27.7 Å². The first-order chi connectivity index (χ1) is 12.0. The van der Waals surface area contributed by atoms with E-state index in [0.717, 1.165) is 12.8 Å². The van der Waals surface area contributed by atoms with Gasteiger partial charge in [0.05, 0.1) is 6.04 Å². The van der Waals surface area contributed by atoms with Crippen molar-refractivity contribution in [1.29, 1.82) is 0 Å². The van der Waals surface area contributed by atoms with E-state index in [-0.39, 0.29) is 23.6 Å². The molecule has 1 N–H and O–H groups in total. The molecule has 0 bridgehead atoms. The Morgan fingerprint density at radius 2 is 2.12 bits per heavy atom. The first-order valence-electron chi connectivity index (χ1n) is 8.45. The quantitative estimate of drug-likeness (QED) is 0.854. The number of rotatable bonds is 3. The van der Waals surface area contributed by atoms with Crippen LogP contribution in [0, 0.1) is 0 Å². The molecule has 2 atom stereocenters. The number of carbonyl (C=O) groups is 2.